The lowest BCUT2D eigenvalue weighted by atomic mass is 10.2. The fraction of sp³-hybridized carbons (Fsp3) is 0.0870. The number of thioether (sulfide) groups is 1. The van der Waals surface area contributed by atoms with E-state index in [1.807, 2.05) is 72.8 Å². The lowest BCUT2D eigenvalue weighted by molar-refractivity contribution is -0.113. The van der Waals surface area contributed by atoms with Crippen molar-refractivity contribution in [2.75, 3.05) is 11.1 Å². The van der Waals surface area contributed by atoms with Gasteiger partial charge in [-0.15, -0.1) is 22.0 Å². The van der Waals surface area contributed by atoms with Gasteiger partial charge in [0.25, 0.3) is 0 Å². The molecule has 3 aromatic carbocycles. The summed E-state index contributed by atoms with van der Waals surface area (Å²) in [7, 11) is 0. The van der Waals surface area contributed by atoms with Gasteiger partial charge >= 0.3 is 0 Å². The van der Waals surface area contributed by atoms with E-state index in [-0.39, 0.29) is 5.91 Å². The predicted octanol–water partition coefficient (Wildman–Crippen LogP) is 5.28. The van der Waals surface area contributed by atoms with Gasteiger partial charge in [0, 0.05) is 22.6 Å². The van der Waals surface area contributed by atoms with E-state index >= 15 is 0 Å². The Kier molecular flexibility index (Phi) is 6.02. The van der Waals surface area contributed by atoms with Gasteiger partial charge in [-0.3, -0.25) is 4.79 Å². The summed E-state index contributed by atoms with van der Waals surface area (Å²) in [6.45, 7) is 0. The van der Waals surface area contributed by atoms with E-state index < -0.39 is 0 Å². The fourth-order valence-electron chi connectivity index (χ4n) is 2.77. The van der Waals surface area contributed by atoms with Crippen molar-refractivity contribution in [2.45, 2.75) is 5.75 Å². The molecule has 0 atom stereocenters. The van der Waals surface area contributed by atoms with E-state index in [0.29, 0.717) is 17.5 Å². The molecule has 144 valence electrons. The minimum Gasteiger partial charge on any atom is -0.416 e. The molecule has 5 nitrogen and oxygen atoms in total. The largest absolute Gasteiger partial charge is 0.416 e. The number of nitrogens with zero attached hydrogens (tertiary/aromatic N) is 2. The molecule has 6 heteroatoms. The van der Waals surface area contributed by atoms with Crippen molar-refractivity contribution in [2.24, 2.45) is 0 Å². The first-order chi connectivity index (χ1) is 14.3. The van der Waals surface area contributed by atoms with Gasteiger partial charge in [0.2, 0.25) is 17.7 Å². The molecule has 0 aliphatic rings. The monoisotopic (exact) mass is 401 g/mol. The van der Waals surface area contributed by atoms with Crippen LogP contribution in [0, 0.1) is 0 Å². The molecule has 29 heavy (non-hydrogen) atoms. The van der Waals surface area contributed by atoms with Crippen LogP contribution in [0.5, 0.6) is 0 Å². The highest BCUT2D eigenvalue weighted by Gasteiger charge is 2.10. The Morgan fingerprint density at radius 1 is 0.793 bits per heavy atom. The molecule has 1 aromatic heterocycles. The van der Waals surface area contributed by atoms with Gasteiger partial charge in [-0.1, -0.05) is 48.5 Å². The van der Waals surface area contributed by atoms with Crippen molar-refractivity contribution in [1.29, 1.82) is 0 Å². The summed E-state index contributed by atoms with van der Waals surface area (Å²) in [5.74, 6) is 2.12. The molecule has 0 saturated carbocycles. The number of rotatable bonds is 7. The van der Waals surface area contributed by atoms with Crippen LogP contribution in [0.2, 0.25) is 0 Å². The summed E-state index contributed by atoms with van der Waals surface area (Å²) in [5.41, 5.74) is 3.63. The van der Waals surface area contributed by atoms with Gasteiger partial charge in [-0.05, 0) is 42.0 Å². The Hall–Kier alpha value is -3.38. The molecule has 1 N–H and O–H groups in total. The topological polar surface area (TPSA) is 68.0 Å². The first kappa shape index (κ1) is 19.0. The Morgan fingerprint density at radius 2 is 1.38 bits per heavy atom. The maximum atomic E-state index is 12.1. The van der Waals surface area contributed by atoms with E-state index in [0.717, 1.165) is 22.6 Å². The molecule has 0 aliphatic heterocycles. The number of amides is 1. The van der Waals surface area contributed by atoms with Crippen LogP contribution in [0.3, 0.4) is 0 Å². The van der Waals surface area contributed by atoms with Crippen molar-refractivity contribution in [1.82, 2.24) is 10.2 Å². The van der Waals surface area contributed by atoms with E-state index in [1.165, 1.54) is 5.56 Å². The molecule has 4 rings (SSSR count). The van der Waals surface area contributed by atoms with Crippen LogP contribution in [-0.2, 0) is 10.5 Å². The highest BCUT2D eigenvalue weighted by atomic mass is 32.2. The normalized spacial score (nSPS) is 10.6. The van der Waals surface area contributed by atoms with Crippen LogP contribution in [0.4, 0.5) is 5.69 Å². The summed E-state index contributed by atoms with van der Waals surface area (Å²) in [6, 6.07) is 27.1. The zero-order valence-electron chi connectivity index (χ0n) is 15.6. The van der Waals surface area contributed by atoms with Crippen LogP contribution in [0.15, 0.2) is 89.3 Å². The molecule has 0 bridgehead atoms. The Morgan fingerprint density at radius 3 is 2.03 bits per heavy atom. The van der Waals surface area contributed by atoms with Crippen molar-refractivity contribution < 1.29 is 9.21 Å². The molecule has 0 radical (unpaired) electrons. The minimum absolute atomic E-state index is 0.0252. The lowest BCUT2D eigenvalue weighted by Crippen LogP contribution is -2.14. The zero-order valence-corrected chi connectivity index (χ0v) is 16.4. The standard InChI is InChI=1S/C23H19N3O2S/c27-21(16-29-15-17-7-3-1-4-8-17)24-20-13-11-19(12-14-20)23-26-25-22(28-23)18-9-5-2-6-10-18/h1-14H,15-16H2,(H,24,27). The van der Waals surface area contributed by atoms with Gasteiger partial charge in [0.05, 0.1) is 5.75 Å². The van der Waals surface area contributed by atoms with E-state index in [9.17, 15) is 4.79 Å². The number of carbonyl (C=O) groups excluding carboxylic acids is 1. The fourth-order valence-corrected chi connectivity index (χ4v) is 3.55. The highest BCUT2D eigenvalue weighted by molar-refractivity contribution is 7.99. The number of nitrogens with one attached hydrogen (secondary N) is 1. The summed E-state index contributed by atoms with van der Waals surface area (Å²) < 4.78 is 5.76. The first-order valence-electron chi connectivity index (χ1n) is 9.19. The van der Waals surface area contributed by atoms with Crippen molar-refractivity contribution >= 4 is 23.4 Å². The molecule has 1 amide bonds. The molecular weight excluding hydrogens is 382 g/mol. The Bertz CT molecular complexity index is 1060. The van der Waals surface area contributed by atoms with Crippen LogP contribution < -0.4 is 5.32 Å². The van der Waals surface area contributed by atoms with Gasteiger partial charge in [-0.2, -0.15) is 0 Å². The van der Waals surface area contributed by atoms with Crippen LogP contribution >= 0.6 is 11.8 Å². The first-order valence-corrected chi connectivity index (χ1v) is 10.3. The maximum Gasteiger partial charge on any atom is 0.248 e. The summed E-state index contributed by atoms with van der Waals surface area (Å²) in [6.07, 6.45) is 0. The molecule has 0 aliphatic carbocycles. The van der Waals surface area contributed by atoms with E-state index in [2.05, 4.69) is 27.6 Å². The third-order valence-corrected chi connectivity index (χ3v) is 5.21. The van der Waals surface area contributed by atoms with Gasteiger partial charge < -0.3 is 9.73 Å². The smallest absolute Gasteiger partial charge is 0.248 e. The molecule has 0 fully saturated rings. The highest BCUT2D eigenvalue weighted by Crippen LogP contribution is 2.24. The van der Waals surface area contributed by atoms with Crippen LogP contribution in [0.1, 0.15) is 5.56 Å². The van der Waals surface area contributed by atoms with E-state index in [1.54, 1.807) is 11.8 Å². The summed E-state index contributed by atoms with van der Waals surface area (Å²) in [5, 5.41) is 11.1. The average molecular weight is 401 g/mol. The summed E-state index contributed by atoms with van der Waals surface area (Å²) in [4.78, 5) is 12.1. The molecule has 0 unspecified atom stereocenters. The van der Waals surface area contributed by atoms with Crippen molar-refractivity contribution in [3.05, 3.63) is 90.5 Å². The maximum absolute atomic E-state index is 12.1. The number of aromatic nitrogens is 2. The van der Waals surface area contributed by atoms with E-state index in [4.69, 9.17) is 4.42 Å². The predicted molar refractivity (Wildman–Crippen MR) is 116 cm³/mol. The number of benzene rings is 3. The number of hydrogen-bond donors (Lipinski definition) is 1. The second-order valence-electron chi connectivity index (χ2n) is 6.38. The van der Waals surface area contributed by atoms with Gasteiger partial charge in [0.15, 0.2) is 0 Å². The Balaban J connectivity index is 1.32. The molecule has 4 aromatic rings. The molecular formula is C23H19N3O2S. The number of carbonyl (C=O) groups is 1. The average Bonchev–Trinajstić information content (AvgIpc) is 3.26. The van der Waals surface area contributed by atoms with Gasteiger partial charge in [0.1, 0.15) is 0 Å². The third kappa shape index (κ3) is 5.12. The molecule has 0 saturated heterocycles. The summed E-state index contributed by atoms with van der Waals surface area (Å²) >= 11 is 1.59. The minimum atomic E-state index is -0.0252. The lowest BCUT2D eigenvalue weighted by Gasteiger charge is -2.06. The van der Waals surface area contributed by atoms with Crippen LogP contribution in [0.25, 0.3) is 22.9 Å². The second kappa shape index (κ2) is 9.21. The van der Waals surface area contributed by atoms with Crippen LogP contribution in [-0.4, -0.2) is 21.9 Å². The number of hydrogen-bond acceptors (Lipinski definition) is 5. The zero-order chi connectivity index (χ0) is 19.9. The van der Waals surface area contributed by atoms with Gasteiger partial charge in [-0.25, -0.2) is 0 Å². The second-order valence-corrected chi connectivity index (χ2v) is 7.37. The SMILES string of the molecule is O=C(CSCc1ccccc1)Nc1ccc(-c2nnc(-c3ccccc3)o2)cc1. The van der Waals surface area contributed by atoms with Crippen molar-refractivity contribution in [3.8, 4) is 22.9 Å². The Labute approximate surface area is 173 Å². The van der Waals surface area contributed by atoms with Crippen molar-refractivity contribution in [3.63, 3.8) is 0 Å². The number of anilines is 1. The molecule has 0 spiro atoms. The quantitative estimate of drug-likeness (QED) is 0.457. The third-order valence-electron chi connectivity index (χ3n) is 4.21. The molecule has 1 heterocycles.